The molecular formula is C15H11F2NO. The van der Waals surface area contributed by atoms with Gasteiger partial charge in [-0.2, -0.15) is 0 Å². The van der Waals surface area contributed by atoms with E-state index in [1.165, 1.54) is 18.2 Å². The van der Waals surface area contributed by atoms with E-state index in [0.29, 0.717) is 16.7 Å². The van der Waals surface area contributed by atoms with E-state index in [-0.39, 0.29) is 11.4 Å². The average Bonchev–Trinajstić information content (AvgIpc) is 2.84. The summed E-state index contributed by atoms with van der Waals surface area (Å²) in [6, 6.07) is 11.7. The number of para-hydroxylation sites is 1. The summed E-state index contributed by atoms with van der Waals surface area (Å²) < 4.78 is 31.8. The Balaban J connectivity index is 2.04. The highest BCUT2D eigenvalue weighted by Crippen LogP contribution is 2.28. The molecule has 1 atom stereocenters. The van der Waals surface area contributed by atoms with E-state index in [2.05, 4.69) is 0 Å². The number of fused-ring (bicyclic) bond motifs is 1. The van der Waals surface area contributed by atoms with Crippen LogP contribution in [0.1, 0.15) is 17.4 Å². The molecular weight excluding hydrogens is 248 g/mol. The molecule has 0 bridgehead atoms. The van der Waals surface area contributed by atoms with Gasteiger partial charge in [-0.3, -0.25) is 0 Å². The SMILES string of the molecule is NC(c1ccc(F)cc1)c1cc2cccc(F)c2o1. The number of rotatable bonds is 2. The van der Waals surface area contributed by atoms with Gasteiger partial charge in [0.1, 0.15) is 11.6 Å². The van der Waals surface area contributed by atoms with Gasteiger partial charge < -0.3 is 10.2 Å². The standard InChI is InChI=1S/C15H11F2NO/c16-11-6-4-9(5-7-11)14(18)13-8-10-2-1-3-12(17)15(10)19-13/h1-8,14H,18H2. The highest BCUT2D eigenvalue weighted by atomic mass is 19.1. The molecule has 1 unspecified atom stereocenters. The van der Waals surface area contributed by atoms with E-state index in [1.54, 1.807) is 30.3 Å². The summed E-state index contributed by atoms with van der Waals surface area (Å²) in [4.78, 5) is 0. The Labute approximate surface area is 108 Å². The van der Waals surface area contributed by atoms with Gasteiger partial charge in [-0.25, -0.2) is 8.78 Å². The molecule has 0 saturated carbocycles. The highest BCUT2D eigenvalue weighted by Gasteiger charge is 2.15. The Bertz CT molecular complexity index is 719. The lowest BCUT2D eigenvalue weighted by Crippen LogP contribution is -2.10. The van der Waals surface area contributed by atoms with Crippen molar-refractivity contribution in [2.75, 3.05) is 0 Å². The van der Waals surface area contributed by atoms with Crippen molar-refractivity contribution in [3.05, 3.63) is 71.5 Å². The first-order valence-electron chi connectivity index (χ1n) is 5.84. The molecule has 0 fully saturated rings. The maximum Gasteiger partial charge on any atom is 0.169 e. The van der Waals surface area contributed by atoms with Crippen molar-refractivity contribution in [1.29, 1.82) is 0 Å². The number of hydrogen-bond acceptors (Lipinski definition) is 2. The molecule has 3 rings (SSSR count). The van der Waals surface area contributed by atoms with Gasteiger partial charge in [0.2, 0.25) is 0 Å². The second-order valence-corrected chi connectivity index (χ2v) is 4.34. The topological polar surface area (TPSA) is 39.2 Å². The molecule has 0 aliphatic carbocycles. The van der Waals surface area contributed by atoms with Crippen molar-refractivity contribution in [3.8, 4) is 0 Å². The number of furan rings is 1. The molecule has 1 aromatic heterocycles. The predicted octanol–water partition coefficient (Wildman–Crippen LogP) is 3.76. The van der Waals surface area contributed by atoms with Gasteiger partial charge >= 0.3 is 0 Å². The summed E-state index contributed by atoms with van der Waals surface area (Å²) in [5.74, 6) is -0.298. The van der Waals surface area contributed by atoms with Crippen molar-refractivity contribution < 1.29 is 13.2 Å². The van der Waals surface area contributed by atoms with Crippen LogP contribution in [-0.2, 0) is 0 Å². The van der Waals surface area contributed by atoms with Crippen LogP contribution in [0.3, 0.4) is 0 Å². The van der Waals surface area contributed by atoms with Gasteiger partial charge in [0.05, 0.1) is 6.04 Å². The Morgan fingerprint density at radius 1 is 1.00 bits per heavy atom. The zero-order valence-corrected chi connectivity index (χ0v) is 9.94. The summed E-state index contributed by atoms with van der Waals surface area (Å²) in [6.45, 7) is 0. The molecule has 96 valence electrons. The van der Waals surface area contributed by atoms with E-state index >= 15 is 0 Å². The Kier molecular flexibility index (Phi) is 2.80. The maximum absolute atomic E-state index is 13.5. The first-order valence-corrected chi connectivity index (χ1v) is 5.84. The molecule has 0 spiro atoms. The molecule has 0 aliphatic heterocycles. The third-order valence-corrected chi connectivity index (χ3v) is 3.05. The lowest BCUT2D eigenvalue weighted by Gasteiger charge is -2.08. The number of nitrogens with two attached hydrogens (primary N) is 1. The van der Waals surface area contributed by atoms with Crippen molar-refractivity contribution in [2.24, 2.45) is 5.73 Å². The predicted molar refractivity (Wildman–Crippen MR) is 68.6 cm³/mol. The van der Waals surface area contributed by atoms with Crippen molar-refractivity contribution in [1.82, 2.24) is 0 Å². The van der Waals surface area contributed by atoms with E-state index < -0.39 is 11.9 Å². The Morgan fingerprint density at radius 2 is 1.74 bits per heavy atom. The molecule has 1 heterocycles. The Hall–Kier alpha value is -2.20. The van der Waals surface area contributed by atoms with Crippen LogP contribution >= 0.6 is 0 Å². The number of benzene rings is 2. The van der Waals surface area contributed by atoms with E-state index in [9.17, 15) is 8.78 Å². The fourth-order valence-corrected chi connectivity index (χ4v) is 2.04. The minimum Gasteiger partial charge on any atom is -0.456 e. The largest absolute Gasteiger partial charge is 0.456 e. The van der Waals surface area contributed by atoms with Crippen LogP contribution in [0.2, 0.25) is 0 Å². The Morgan fingerprint density at radius 3 is 2.42 bits per heavy atom. The molecule has 4 heteroatoms. The molecule has 0 radical (unpaired) electrons. The zero-order chi connectivity index (χ0) is 13.4. The van der Waals surface area contributed by atoms with Crippen LogP contribution in [0, 0.1) is 11.6 Å². The van der Waals surface area contributed by atoms with Gasteiger partial charge in [0, 0.05) is 5.39 Å². The van der Waals surface area contributed by atoms with Crippen molar-refractivity contribution >= 4 is 11.0 Å². The molecule has 0 aliphatic rings. The molecule has 2 aromatic carbocycles. The maximum atomic E-state index is 13.5. The summed E-state index contributed by atoms with van der Waals surface area (Å²) in [7, 11) is 0. The van der Waals surface area contributed by atoms with Gasteiger partial charge in [-0.1, -0.05) is 24.3 Å². The minimum atomic E-state index is -0.549. The lowest BCUT2D eigenvalue weighted by atomic mass is 10.1. The van der Waals surface area contributed by atoms with Crippen LogP contribution in [0.4, 0.5) is 8.78 Å². The fraction of sp³-hybridized carbons (Fsp3) is 0.0667. The molecule has 2 N–H and O–H groups in total. The molecule has 3 aromatic rings. The van der Waals surface area contributed by atoms with Gasteiger partial charge in [0.15, 0.2) is 11.4 Å². The van der Waals surface area contributed by atoms with Crippen molar-refractivity contribution in [3.63, 3.8) is 0 Å². The van der Waals surface area contributed by atoms with E-state index in [0.717, 1.165) is 0 Å². The minimum absolute atomic E-state index is 0.190. The highest BCUT2D eigenvalue weighted by molar-refractivity contribution is 5.78. The zero-order valence-electron chi connectivity index (χ0n) is 9.94. The van der Waals surface area contributed by atoms with Gasteiger partial charge in [-0.05, 0) is 29.8 Å². The van der Waals surface area contributed by atoms with Gasteiger partial charge in [0.25, 0.3) is 0 Å². The first-order chi connectivity index (χ1) is 9.15. The third-order valence-electron chi connectivity index (χ3n) is 3.05. The van der Waals surface area contributed by atoms with Gasteiger partial charge in [-0.15, -0.1) is 0 Å². The summed E-state index contributed by atoms with van der Waals surface area (Å²) in [5, 5.41) is 0.660. The van der Waals surface area contributed by atoms with Crippen LogP contribution in [-0.4, -0.2) is 0 Å². The van der Waals surface area contributed by atoms with Crippen LogP contribution < -0.4 is 5.73 Å². The summed E-state index contributed by atoms with van der Waals surface area (Å²) in [5.41, 5.74) is 6.94. The molecule has 0 saturated heterocycles. The van der Waals surface area contributed by atoms with Crippen LogP contribution in [0.5, 0.6) is 0 Å². The smallest absolute Gasteiger partial charge is 0.169 e. The molecule has 2 nitrogen and oxygen atoms in total. The third kappa shape index (κ3) is 2.11. The monoisotopic (exact) mass is 259 g/mol. The first kappa shape index (κ1) is 11.9. The molecule has 0 amide bonds. The quantitative estimate of drug-likeness (QED) is 0.761. The van der Waals surface area contributed by atoms with E-state index in [1.807, 2.05) is 0 Å². The second kappa shape index (κ2) is 4.48. The normalized spacial score (nSPS) is 12.8. The lowest BCUT2D eigenvalue weighted by molar-refractivity contribution is 0.502. The van der Waals surface area contributed by atoms with E-state index in [4.69, 9.17) is 10.2 Å². The average molecular weight is 259 g/mol. The van der Waals surface area contributed by atoms with Crippen molar-refractivity contribution in [2.45, 2.75) is 6.04 Å². The summed E-state index contributed by atoms with van der Waals surface area (Å²) in [6.07, 6.45) is 0. The number of hydrogen-bond donors (Lipinski definition) is 1. The second-order valence-electron chi connectivity index (χ2n) is 4.34. The van der Waals surface area contributed by atoms with Crippen LogP contribution in [0.25, 0.3) is 11.0 Å². The fourth-order valence-electron chi connectivity index (χ4n) is 2.04. The van der Waals surface area contributed by atoms with Crippen LogP contribution in [0.15, 0.2) is 52.9 Å². The summed E-state index contributed by atoms with van der Waals surface area (Å²) >= 11 is 0. The number of halogens is 2. The molecule has 19 heavy (non-hydrogen) atoms.